The summed E-state index contributed by atoms with van der Waals surface area (Å²) in [4.78, 5) is 23.1. The molecule has 2 N–H and O–H groups in total. The Kier molecular flexibility index (Phi) is 4.85. The van der Waals surface area contributed by atoms with Gasteiger partial charge in [0.15, 0.2) is 0 Å². The predicted octanol–water partition coefficient (Wildman–Crippen LogP) is 2.38. The smallest absolute Gasteiger partial charge is 0.426 e. The third-order valence-corrected chi connectivity index (χ3v) is 2.97. The Hall–Kier alpha value is -1.80. The molecule has 5 nitrogen and oxygen atoms in total. The number of rotatable bonds is 3. The van der Waals surface area contributed by atoms with Crippen molar-refractivity contribution >= 4 is 29.2 Å². The predicted molar refractivity (Wildman–Crippen MR) is 68.1 cm³/mol. The lowest BCUT2D eigenvalue weighted by molar-refractivity contribution is -0.242. The van der Waals surface area contributed by atoms with E-state index in [4.69, 9.17) is 11.6 Å². The van der Waals surface area contributed by atoms with E-state index in [1.165, 1.54) is 18.2 Å². The van der Waals surface area contributed by atoms with Gasteiger partial charge in [-0.15, -0.1) is 0 Å². The first-order valence-electron chi connectivity index (χ1n) is 5.49. The first kappa shape index (κ1) is 17.3. The normalized spacial score (nSPS) is 14.2. The zero-order valence-corrected chi connectivity index (χ0v) is 11.7. The number of methoxy groups -OCH3 is 1. The van der Waals surface area contributed by atoms with E-state index in [1.54, 1.807) is 5.32 Å². The SMILES string of the molecule is COC(=O)c1cccc(Cl)c1NC(=O)C(C)(O)C(F)(F)F. The van der Waals surface area contributed by atoms with Crippen LogP contribution in [0.5, 0.6) is 0 Å². The standard InChI is InChI=1S/C12H11ClF3NO4/c1-11(20,12(14,15)16)10(19)17-8-6(9(18)21-2)4-3-5-7(8)13/h3-5,20H,1-2H3,(H,17,19). The average Bonchev–Trinajstić information content (AvgIpc) is 2.38. The molecule has 1 amide bonds. The molecule has 1 aromatic rings. The monoisotopic (exact) mass is 325 g/mol. The van der Waals surface area contributed by atoms with Gasteiger partial charge in [-0.1, -0.05) is 17.7 Å². The summed E-state index contributed by atoms with van der Waals surface area (Å²) < 4.78 is 42.2. The molecule has 0 aliphatic heterocycles. The molecular formula is C12H11ClF3NO4. The van der Waals surface area contributed by atoms with Gasteiger partial charge in [0.1, 0.15) is 0 Å². The van der Waals surface area contributed by atoms with Crippen LogP contribution >= 0.6 is 11.6 Å². The fourth-order valence-electron chi connectivity index (χ4n) is 1.30. The summed E-state index contributed by atoms with van der Waals surface area (Å²) in [5.74, 6) is -2.67. The Bertz CT molecular complexity index is 572. The minimum atomic E-state index is -5.19. The number of carbonyl (C=O) groups excluding carboxylic acids is 2. The number of esters is 1. The number of nitrogens with one attached hydrogen (secondary N) is 1. The van der Waals surface area contributed by atoms with Gasteiger partial charge in [0.2, 0.25) is 5.60 Å². The largest absolute Gasteiger partial charge is 0.465 e. The maximum atomic E-state index is 12.6. The molecule has 0 radical (unpaired) electrons. The van der Waals surface area contributed by atoms with Gasteiger partial charge in [-0.3, -0.25) is 4.79 Å². The molecule has 0 bridgehead atoms. The van der Waals surface area contributed by atoms with Gasteiger partial charge in [0.05, 0.1) is 23.4 Å². The molecule has 1 unspecified atom stereocenters. The number of alkyl halides is 3. The fraction of sp³-hybridized carbons (Fsp3) is 0.333. The van der Waals surface area contributed by atoms with Crippen molar-refractivity contribution in [3.63, 3.8) is 0 Å². The van der Waals surface area contributed by atoms with Crippen molar-refractivity contribution < 1.29 is 32.6 Å². The van der Waals surface area contributed by atoms with Crippen LogP contribution in [0.1, 0.15) is 17.3 Å². The van der Waals surface area contributed by atoms with Crippen molar-refractivity contribution in [2.75, 3.05) is 12.4 Å². The van der Waals surface area contributed by atoms with E-state index in [9.17, 15) is 27.9 Å². The number of para-hydroxylation sites is 1. The zero-order chi connectivity index (χ0) is 16.4. The molecule has 1 aromatic carbocycles. The molecule has 0 spiro atoms. The van der Waals surface area contributed by atoms with Crippen LogP contribution in [0.3, 0.4) is 0 Å². The third-order valence-electron chi connectivity index (χ3n) is 2.65. The van der Waals surface area contributed by atoms with Crippen molar-refractivity contribution in [1.29, 1.82) is 0 Å². The molecule has 0 aromatic heterocycles. The highest BCUT2D eigenvalue weighted by Gasteiger charge is 2.56. The van der Waals surface area contributed by atoms with E-state index >= 15 is 0 Å². The van der Waals surface area contributed by atoms with Crippen LogP contribution in [0, 0.1) is 0 Å². The van der Waals surface area contributed by atoms with Crippen molar-refractivity contribution in [3.05, 3.63) is 28.8 Å². The maximum Gasteiger partial charge on any atom is 0.426 e. The van der Waals surface area contributed by atoms with Gasteiger partial charge in [-0.2, -0.15) is 13.2 Å². The van der Waals surface area contributed by atoms with E-state index in [0.717, 1.165) is 7.11 Å². The Balaban J connectivity index is 3.20. The lowest BCUT2D eigenvalue weighted by Gasteiger charge is -2.25. The fourth-order valence-corrected chi connectivity index (χ4v) is 1.52. The van der Waals surface area contributed by atoms with Crippen LogP contribution in [0.25, 0.3) is 0 Å². The Morgan fingerprint density at radius 3 is 2.38 bits per heavy atom. The minimum absolute atomic E-state index is 0.177. The number of halogens is 4. The Morgan fingerprint density at radius 1 is 1.33 bits per heavy atom. The quantitative estimate of drug-likeness (QED) is 0.837. The van der Waals surface area contributed by atoms with E-state index in [2.05, 4.69) is 4.74 Å². The van der Waals surface area contributed by atoms with Crippen LogP contribution < -0.4 is 5.32 Å². The first-order chi connectivity index (χ1) is 9.52. The van der Waals surface area contributed by atoms with Crippen LogP contribution in [-0.4, -0.2) is 35.9 Å². The van der Waals surface area contributed by atoms with Gasteiger partial charge in [0, 0.05) is 0 Å². The number of amides is 1. The van der Waals surface area contributed by atoms with E-state index in [1.807, 2.05) is 0 Å². The summed E-state index contributed by atoms with van der Waals surface area (Å²) in [6.07, 6.45) is -5.19. The van der Waals surface area contributed by atoms with Gasteiger partial charge in [0.25, 0.3) is 5.91 Å². The summed E-state index contributed by atoms with van der Waals surface area (Å²) in [5, 5.41) is 10.9. The second-order valence-electron chi connectivity index (χ2n) is 4.18. The zero-order valence-electron chi connectivity index (χ0n) is 10.9. The number of hydrogen-bond acceptors (Lipinski definition) is 4. The number of benzene rings is 1. The molecule has 0 saturated carbocycles. The highest BCUT2D eigenvalue weighted by Crippen LogP contribution is 2.33. The van der Waals surface area contributed by atoms with Gasteiger partial charge in [-0.05, 0) is 19.1 Å². The van der Waals surface area contributed by atoms with Crippen molar-refractivity contribution in [2.45, 2.75) is 18.7 Å². The summed E-state index contributed by atoms with van der Waals surface area (Å²) in [6, 6.07) is 3.81. The summed E-state index contributed by atoms with van der Waals surface area (Å²) in [7, 11) is 1.06. The first-order valence-corrected chi connectivity index (χ1v) is 5.87. The van der Waals surface area contributed by atoms with Crippen molar-refractivity contribution in [3.8, 4) is 0 Å². The van der Waals surface area contributed by atoms with Crippen LogP contribution in [-0.2, 0) is 9.53 Å². The maximum absolute atomic E-state index is 12.6. The highest BCUT2D eigenvalue weighted by molar-refractivity contribution is 6.34. The highest BCUT2D eigenvalue weighted by atomic mass is 35.5. The van der Waals surface area contributed by atoms with Gasteiger partial charge in [-0.25, -0.2) is 4.79 Å². The molecule has 0 saturated heterocycles. The lowest BCUT2D eigenvalue weighted by Crippen LogP contribution is -2.52. The second-order valence-corrected chi connectivity index (χ2v) is 4.59. The van der Waals surface area contributed by atoms with Gasteiger partial charge < -0.3 is 15.2 Å². The van der Waals surface area contributed by atoms with Crippen LogP contribution in [0.4, 0.5) is 18.9 Å². The Morgan fingerprint density at radius 2 is 1.90 bits per heavy atom. The summed E-state index contributed by atoms with van der Waals surface area (Å²) in [5.41, 5.74) is -4.25. The topological polar surface area (TPSA) is 75.6 Å². The molecule has 21 heavy (non-hydrogen) atoms. The van der Waals surface area contributed by atoms with Crippen LogP contribution in [0.15, 0.2) is 18.2 Å². The van der Waals surface area contributed by atoms with E-state index in [-0.39, 0.29) is 23.2 Å². The summed E-state index contributed by atoms with van der Waals surface area (Å²) >= 11 is 5.75. The Labute approximate surface area is 122 Å². The second kappa shape index (κ2) is 5.90. The number of ether oxygens (including phenoxy) is 1. The number of carbonyl (C=O) groups is 2. The molecule has 0 heterocycles. The van der Waals surface area contributed by atoms with E-state index < -0.39 is 23.7 Å². The molecule has 1 atom stereocenters. The third kappa shape index (κ3) is 3.45. The van der Waals surface area contributed by atoms with Crippen LogP contribution in [0.2, 0.25) is 5.02 Å². The minimum Gasteiger partial charge on any atom is -0.465 e. The number of hydrogen-bond donors (Lipinski definition) is 2. The molecular weight excluding hydrogens is 315 g/mol. The molecule has 0 fully saturated rings. The molecule has 1 rings (SSSR count). The average molecular weight is 326 g/mol. The molecule has 9 heteroatoms. The molecule has 116 valence electrons. The molecule has 0 aliphatic carbocycles. The number of aliphatic hydroxyl groups is 1. The summed E-state index contributed by atoms with van der Waals surface area (Å²) in [6.45, 7) is 0.289. The molecule has 0 aliphatic rings. The van der Waals surface area contributed by atoms with Crippen molar-refractivity contribution in [2.24, 2.45) is 0 Å². The lowest BCUT2D eigenvalue weighted by atomic mass is 10.0. The van der Waals surface area contributed by atoms with Gasteiger partial charge >= 0.3 is 12.1 Å². The van der Waals surface area contributed by atoms with E-state index in [0.29, 0.717) is 0 Å². The van der Waals surface area contributed by atoms with Crippen molar-refractivity contribution in [1.82, 2.24) is 0 Å². The number of anilines is 1.